The third-order valence-corrected chi connectivity index (χ3v) is 2.82. The zero-order valence-electron chi connectivity index (χ0n) is 13.5. The molecule has 1 unspecified atom stereocenters. The third-order valence-electron chi connectivity index (χ3n) is 2.82. The predicted octanol–water partition coefficient (Wildman–Crippen LogP) is -0.579. The van der Waals surface area contributed by atoms with Crippen LogP contribution in [0, 0.1) is 0 Å². The van der Waals surface area contributed by atoms with Gasteiger partial charge in [-0.05, 0) is 31.2 Å². The first-order valence-corrected chi connectivity index (χ1v) is 7.16. The van der Waals surface area contributed by atoms with Crippen LogP contribution in [0.15, 0.2) is 24.3 Å². The quantitative estimate of drug-likeness (QED) is 0.623. The lowest BCUT2D eigenvalue weighted by molar-refractivity contribution is -0.862. The number of anilines is 1. The first kappa shape index (κ1) is 18.4. The van der Waals surface area contributed by atoms with Gasteiger partial charge in [0.15, 0.2) is 13.1 Å². The normalized spacial score (nSPS) is 11.3. The number of quaternary nitrogens is 1. The molecule has 0 heterocycles. The number of hydrogen-bond acceptors (Lipinski definition) is 5. The highest BCUT2D eigenvalue weighted by Gasteiger charge is 2.16. The average Bonchev–Trinajstić information content (AvgIpc) is 2.47. The summed E-state index contributed by atoms with van der Waals surface area (Å²) in [5.74, 6) is -0.0452. The zero-order valence-corrected chi connectivity index (χ0v) is 13.5. The van der Waals surface area contributed by atoms with Crippen LogP contribution in [0.2, 0.25) is 0 Å². The van der Waals surface area contributed by atoms with Gasteiger partial charge in [0.25, 0.3) is 11.8 Å². The van der Waals surface area contributed by atoms with Crippen LogP contribution in [0.5, 0.6) is 5.75 Å². The molecule has 8 heteroatoms. The Balaban J connectivity index is 2.37. The maximum atomic E-state index is 11.9. The maximum absolute atomic E-state index is 11.9. The monoisotopic (exact) mass is 324 g/mol. The molecule has 8 nitrogen and oxygen atoms in total. The van der Waals surface area contributed by atoms with Crippen LogP contribution in [0.3, 0.4) is 0 Å². The Kier molecular flexibility index (Phi) is 7.55. The second-order valence-electron chi connectivity index (χ2n) is 4.86. The molecule has 0 aliphatic carbocycles. The van der Waals surface area contributed by atoms with Crippen molar-refractivity contribution >= 4 is 23.6 Å². The molecule has 1 atom stereocenters. The second kappa shape index (κ2) is 9.42. The number of imide groups is 1. The van der Waals surface area contributed by atoms with Gasteiger partial charge < -0.3 is 19.7 Å². The van der Waals surface area contributed by atoms with E-state index in [0.29, 0.717) is 16.3 Å². The van der Waals surface area contributed by atoms with Crippen LogP contribution in [0.4, 0.5) is 10.5 Å². The lowest BCUT2D eigenvalue weighted by Crippen LogP contribution is -3.11. The van der Waals surface area contributed by atoms with Gasteiger partial charge >= 0.3 is 6.09 Å². The Morgan fingerprint density at radius 1 is 1.09 bits per heavy atom. The van der Waals surface area contributed by atoms with Gasteiger partial charge in [0.2, 0.25) is 0 Å². The molecule has 0 aromatic heterocycles. The number of amides is 3. The SMILES string of the molecule is CCOC(=O)NC(=O)C[NH+](C)CC(=O)Nc1ccc(OC)cc1. The second-order valence-corrected chi connectivity index (χ2v) is 4.86. The lowest BCUT2D eigenvalue weighted by atomic mass is 10.3. The van der Waals surface area contributed by atoms with E-state index in [-0.39, 0.29) is 25.6 Å². The van der Waals surface area contributed by atoms with E-state index in [9.17, 15) is 14.4 Å². The number of ether oxygens (including phenoxy) is 2. The van der Waals surface area contributed by atoms with Gasteiger partial charge in [0, 0.05) is 5.69 Å². The van der Waals surface area contributed by atoms with Crippen molar-refractivity contribution in [3.8, 4) is 5.75 Å². The summed E-state index contributed by atoms with van der Waals surface area (Å²) < 4.78 is 9.64. The average molecular weight is 324 g/mol. The molecule has 0 aliphatic heterocycles. The summed E-state index contributed by atoms with van der Waals surface area (Å²) in [5.41, 5.74) is 0.638. The molecule has 126 valence electrons. The van der Waals surface area contributed by atoms with Gasteiger partial charge in [-0.25, -0.2) is 4.79 Å². The summed E-state index contributed by atoms with van der Waals surface area (Å²) in [5, 5.41) is 4.80. The largest absolute Gasteiger partial charge is 0.497 e. The van der Waals surface area contributed by atoms with Crippen LogP contribution < -0.4 is 20.3 Å². The summed E-state index contributed by atoms with van der Waals surface area (Å²) in [6, 6.07) is 6.91. The molecule has 1 aromatic rings. The third kappa shape index (κ3) is 7.28. The number of hydrogen-bond donors (Lipinski definition) is 3. The Hall–Kier alpha value is -2.61. The minimum atomic E-state index is -0.784. The van der Waals surface area contributed by atoms with E-state index in [1.165, 1.54) is 0 Å². The lowest BCUT2D eigenvalue weighted by Gasteiger charge is -2.13. The smallest absolute Gasteiger partial charge is 0.414 e. The first-order chi connectivity index (χ1) is 10.9. The summed E-state index contributed by atoms with van der Waals surface area (Å²) >= 11 is 0. The summed E-state index contributed by atoms with van der Waals surface area (Å²) in [6.07, 6.45) is -0.784. The standard InChI is InChI=1S/C15H21N3O5/c1-4-23-15(21)17-14(20)10-18(2)9-13(19)16-11-5-7-12(22-3)8-6-11/h5-8H,4,9-10H2,1-3H3,(H,16,19)(H,17,20,21)/p+1. The van der Waals surface area contributed by atoms with E-state index in [4.69, 9.17) is 4.74 Å². The molecule has 0 radical (unpaired) electrons. The minimum Gasteiger partial charge on any atom is -0.497 e. The van der Waals surface area contributed by atoms with Gasteiger partial charge in [0.05, 0.1) is 20.8 Å². The van der Waals surface area contributed by atoms with E-state index in [1.54, 1.807) is 45.3 Å². The van der Waals surface area contributed by atoms with Crippen LogP contribution in [0.25, 0.3) is 0 Å². The fourth-order valence-electron chi connectivity index (χ4n) is 1.82. The number of benzene rings is 1. The molecule has 0 aliphatic rings. The Labute approximate surface area is 134 Å². The molecule has 3 N–H and O–H groups in total. The van der Waals surface area contributed by atoms with Gasteiger partial charge in [-0.1, -0.05) is 0 Å². The molecule has 0 bridgehead atoms. The number of alkyl carbamates (subject to hydrolysis) is 1. The highest BCUT2D eigenvalue weighted by atomic mass is 16.5. The van der Waals surface area contributed by atoms with Crippen molar-refractivity contribution in [3.05, 3.63) is 24.3 Å². The van der Waals surface area contributed by atoms with Crippen LogP contribution in [0.1, 0.15) is 6.92 Å². The topological polar surface area (TPSA) is 98.2 Å². The Morgan fingerprint density at radius 3 is 2.26 bits per heavy atom. The van der Waals surface area contributed by atoms with Gasteiger partial charge in [0.1, 0.15) is 5.75 Å². The predicted molar refractivity (Wildman–Crippen MR) is 83.4 cm³/mol. The van der Waals surface area contributed by atoms with Crippen molar-refractivity contribution in [1.82, 2.24) is 5.32 Å². The fraction of sp³-hybridized carbons (Fsp3) is 0.400. The number of methoxy groups -OCH3 is 1. The summed E-state index contributed by atoms with van der Waals surface area (Å²) in [7, 11) is 3.24. The first-order valence-electron chi connectivity index (χ1n) is 7.16. The van der Waals surface area contributed by atoms with Gasteiger partial charge in [-0.15, -0.1) is 0 Å². The van der Waals surface area contributed by atoms with Crippen molar-refractivity contribution < 1.29 is 28.8 Å². The molecule has 1 rings (SSSR count). The molecule has 0 saturated heterocycles. The highest BCUT2D eigenvalue weighted by Crippen LogP contribution is 2.14. The molecule has 3 amide bonds. The van der Waals surface area contributed by atoms with E-state index in [2.05, 4.69) is 15.4 Å². The number of nitrogens with one attached hydrogen (secondary N) is 3. The molecule has 0 spiro atoms. The maximum Gasteiger partial charge on any atom is 0.414 e. The van der Waals surface area contributed by atoms with Gasteiger partial charge in [-0.2, -0.15) is 0 Å². The van der Waals surface area contributed by atoms with Crippen molar-refractivity contribution in [2.75, 3.05) is 39.2 Å². The van der Waals surface area contributed by atoms with Crippen molar-refractivity contribution in [2.45, 2.75) is 6.92 Å². The minimum absolute atomic E-state index is 0.0190. The van der Waals surface area contributed by atoms with Crippen molar-refractivity contribution in [1.29, 1.82) is 0 Å². The molecule has 23 heavy (non-hydrogen) atoms. The van der Waals surface area contributed by atoms with Crippen molar-refractivity contribution in [2.24, 2.45) is 0 Å². The Bertz CT molecular complexity index is 545. The number of rotatable bonds is 7. The fourth-order valence-corrected chi connectivity index (χ4v) is 1.82. The van der Waals surface area contributed by atoms with E-state index < -0.39 is 12.0 Å². The molecule has 0 fully saturated rings. The molecular weight excluding hydrogens is 302 g/mol. The highest BCUT2D eigenvalue weighted by molar-refractivity contribution is 5.93. The van der Waals surface area contributed by atoms with E-state index in [1.807, 2.05) is 0 Å². The van der Waals surface area contributed by atoms with Gasteiger partial charge in [-0.3, -0.25) is 14.9 Å². The van der Waals surface area contributed by atoms with Crippen molar-refractivity contribution in [3.63, 3.8) is 0 Å². The molecular formula is C15H22N3O5+. The number of carbonyl (C=O) groups is 3. The number of carbonyl (C=O) groups excluding carboxylic acids is 3. The molecule has 0 saturated carbocycles. The van der Waals surface area contributed by atoms with E-state index >= 15 is 0 Å². The van der Waals surface area contributed by atoms with E-state index in [0.717, 1.165) is 0 Å². The Morgan fingerprint density at radius 2 is 1.70 bits per heavy atom. The summed E-state index contributed by atoms with van der Waals surface area (Å²) in [4.78, 5) is 35.2. The van der Waals surface area contributed by atoms with Crippen LogP contribution in [-0.2, 0) is 14.3 Å². The number of likely N-dealkylation sites (N-methyl/N-ethyl adjacent to an activating group) is 1. The zero-order chi connectivity index (χ0) is 17.2. The van der Waals surface area contributed by atoms with Crippen LogP contribution >= 0.6 is 0 Å². The van der Waals surface area contributed by atoms with Crippen LogP contribution in [-0.4, -0.2) is 51.8 Å². The summed E-state index contributed by atoms with van der Waals surface area (Å²) in [6.45, 7) is 1.90. The molecule has 1 aromatic carbocycles.